The molecule has 3 rings (SSSR count). The van der Waals surface area contributed by atoms with Crippen LogP contribution in [0.1, 0.15) is 5.56 Å². The second kappa shape index (κ2) is 5.76. The first-order valence-electron chi connectivity index (χ1n) is 6.62. The topological polar surface area (TPSA) is 73.1 Å². The number of aromatic nitrogens is 2. The second-order valence-corrected chi connectivity index (χ2v) is 4.71. The predicted octanol–water partition coefficient (Wildman–Crippen LogP) is 3.10. The zero-order chi connectivity index (χ0) is 14.7. The largest absolute Gasteiger partial charge is 0.399 e. The van der Waals surface area contributed by atoms with E-state index in [4.69, 9.17) is 10.5 Å². The van der Waals surface area contributed by atoms with Crippen LogP contribution in [-0.4, -0.2) is 17.1 Å². The Hall–Kier alpha value is -2.66. The molecule has 3 N–H and O–H groups in total. The van der Waals surface area contributed by atoms with Crippen molar-refractivity contribution in [3.8, 4) is 0 Å². The Labute approximate surface area is 122 Å². The molecule has 5 heteroatoms. The Balaban J connectivity index is 2.04. The Morgan fingerprint density at radius 2 is 2.00 bits per heavy atom. The molecular formula is C16H16N4O. The number of methoxy groups -OCH3 is 1. The Kier molecular flexibility index (Phi) is 3.66. The highest BCUT2D eigenvalue weighted by atomic mass is 16.5. The summed E-state index contributed by atoms with van der Waals surface area (Å²) in [5.74, 6) is 0.732. The highest BCUT2D eigenvalue weighted by Gasteiger charge is 2.07. The van der Waals surface area contributed by atoms with Crippen LogP contribution in [0.2, 0.25) is 0 Å². The van der Waals surface area contributed by atoms with Crippen molar-refractivity contribution in [3.63, 3.8) is 0 Å². The van der Waals surface area contributed by atoms with Gasteiger partial charge in [-0.2, -0.15) is 0 Å². The summed E-state index contributed by atoms with van der Waals surface area (Å²) >= 11 is 0. The zero-order valence-corrected chi connectivity index (χ0v) is 11.7. The number of nitrogens with one attached hydrogen (secondary N) is 1. The number of ether oxygens (including phenoxy) is 1. The molecule has 106 valence electrons. The van der Waals surface area contributed by atoms with E-state index < -0.39 is 0 Å². The van der Waals surface area contributed by atoms with E-state index in [1.165, 1.54) is 0 Å². The molecule has 0 aliphatic heterocycles. The number of hydrogen-bond donors (Lipinski definition) is 2. The molecule has 0 unspecified atom stereocenters. The average molecular weight is 280 g/mol. The standard InChI is InChI=1S/C16H16N4O/c1-21-9-11-4-2-3-5-14(11)20-16-13-8-12(17)6-7-15(13)18-10-19-16/h2-8,10H,9,17H2,1H3,(H,18,19,20). The SMILES string of the molecule is COCc1ccccc1Nc1ncnc2ccc(N)cc12. The highest BCUT2D eigenvalue weighted by molar-refractivity contribution is 5.92. The van der Waals surface area contributed by atoms with Gasteiger partial charge >= 0.3 is 0 Å². The molecule has 0 bridgehead atoms. The number of benzene rings is 2. The quantitative estimate of drug-likeness (QED) is 0.718. The number of para-hydroxylation sites is 1. The van der Waals surface area contributed by atoms with Gasteiger partial charge in [0.25, 0.3) is 0 Å². The van der Waals surface area contributed by atoms with Gasteiger partial charge in [-0.25, -0.2) is 9.97 Å². The number of hydrogen-bond acceptors (Lipinski definition) is 5. The lowest BCUT2D eigenvalue weighted by Gasteiger charge is -2.12. The molecule has 0 fully saturated rings. The fourth-order valence-electron chi connectivity index (χ4n) is 2.23. The van der Waals surface area contributed by atoms with Crippen molar-refractivity contribution < 1.29 is 4.74 Å². The van der Waals surface area contributed by atoms with Crippen LogP contribution in [-0.2, 0) is 11.3 Å². The van der Waals surface area contributed by atoms with Gasteiger partial charge in [0.1, 0.15) is 12.1 Å². The van der Waals surface area contributed by atoms with Crippen LogP contribution in [0.25, 0.3) is 10.9 Å². The van der Waals surface area contributed by atoms with Crippen molar-refractivity contribution in [2.75, 3.05) is 18.2 Å². The summed E-state index contributed by atoms with van der Waals surface area (Å²) in [4.78, 5) is 8.58. The van der Waals surface area contributed by atoms with E-state index in [-0.39, 0.29) is 0 Å². The molecule has 0 saturated heterocycles. The fraction of sp³-hybridized carbons (Fsp3) is 0.125. The first-order valence-corrected chi connectivity index (χ1v) is 6.62. The molecular weight excluding hydrogens is 264 g/mol. The van der Waals surface area contributed by atoms with E-state index in [9.17, 15) is 0 Å². The van der Waals surface area contributed by atoms with Crippen LogP contribution in [0, 0.1) is 0 Å². The number of nitrogens with two attached hydrogens (primary N) is 1. The summed E-state index contributed by atoms with van der Waals surface area (Å²) in [6.45, 7) is 0.536. The third-order valence-electron chi connectivity index (χ3n) is 3.23. The third-order valence-corrected chi connectivity index (χ3v) is 3.23. The molecule has 1 aromatic heterocycles. The normalized spacial score (nSPS) is 10.7. The lowest BCUT2D eigenvalue weighted by molar-refractivity contribution is 0.185. The monoisotopic (exact) mass is 280 g/mol. The Morgan fingerprint density at radius 1 is 1.14 bits per heavy atom. The maximum absolute atomic E-state index is 5.86. The molecule has 2 aromatic carbocycles. The molecule has 5 nitrogen and oxygen atoms in total. The first kappa shape index (κ1) is 13.3. The van der Waals surface area contributed by atoms with Gasteiger partial charge in [-0.3, -0.25) is 0 Å². The van der Waals surface area contributed by atoms with E-state index in [2.05, 4.69) is 15.3 Å². The smallest absolute Gasteiger partial charge is 0.141 e. The molecule has 0 aliphatic carbocycles. The summed E-state index contributed by atoms with van der Waals surface area (Å²) in [7, 11) is 1.68. The average Bonchev–Trinajstić information content (AvgIpc) is 2.50. The first-order chi connectivity index (χ1) is 10.3. The molecule has 3 aromatic rings. The summed E-state index contributed by atoms with van der Waals surface area (Å²) < 4.78 is 5.22. The third kappa shape index (κ3) is 2.78. The van der Waals surface area contributed by atoms with Gasteiger partial charge < -0.3 is 15.8 Å². The molecule has 0 radical (unpaired) electrons. The van der Waals surface area contributed by atoms with Gasteiger partial charge in [-0.05, 0) is 24.3 Å². The minimum Gasteiger partial charge on any atom is -0.399 e. The Morgan fingerprint density at radius 3 is 2.86 bits per heavy atom. The summed E-state index contributed by atoms with van der Waals surface area (Å²) in [5.41, 5.74) is 9.42. The van der Waals surface area contributed by atoms with Crippen molar-refractivity contribution in [3.05, 3.63) is 54.4 Å². The van der Waals surface area contributed by atoms with Crippen molar-refractivity contribution in [1.29, 1.82) is 0 Å². The van der Waals surface area contributed by atoms with Gasteiger partial charge in [0.05, 0.1) is 12.1 Å². The van der Waals surface area contributed by atoms with E-state index in [0.717, 1.165) is 28.0 Å². The van der Waals surface area contributed by atoms with Crippen LogP contribution in [0.3, 0.4) is 0 Å². The van der Waals surface area contributed by atoms with E-state index in [1.54, 1.807) is 13.4 Å². The van der Waals surface area contributed by atoms with Gasteiger partial charge in [0.2, 0.25) is 0 Å². The number of anilines is 3. The molecule has 0 spiro atoms. The molecule has 1 heterocycles. The summed E-state index contributed by atoms with van der Waals surface area (Å²) in [6, 6.07) is 13.6. The molecule has 0 atom stereocenters. The van der Waals surface area contributed by atoms with Crippen LogP contribution >= 0.6 is 0 Å². The maximum atomic E-state index is 5.86. The van der Waals surface area contributed by atoms with Gasteiger partial charge in [-0.1, -0.05) is 18.2 Å². The summed E-state index contributed by atoms with van der Waals surface area (Å²) in [5, 5.41) is 4.23. The predicted molar refractivity (Wildman–Crippen MR) is 84.4 cm³/mol. The number of rotatable bonds is 4. The molecule has 0 amide bonds. The molecule has 21 heavy (non-hydrogen) atoms. The van der Waals surface area contributed by atoms with Gasteiger partial charge in [0, 0.05) is 29.4 Å². The summed E-state index contributed by atoms with van der Waals surface area (Å²) in [6.07, 6.45) is 1.54. The van der Waals surface area contributed by atoms with Crippen molar-refractivity contribution in [1.82, 2.24) is 9.97 Å². The molecule has 0 saturated carbocycles. The van der Waals surface area contributed by atoms with Crippen LogP contribution in [0.5, 0.6) is 0 Å². The van der Waals surface area contributed by atoms with Gasteiger partial charge in [-0.15, -0.1) is 0 Å². The molecule has 0 aliphatic rings. The number of nitrogen functional groups attached to an aromatic ring is 1. The lowest BCUT2D eigenvalue weighted by Crippen LogP contribution is -2.00. The lowest BCUT2D eigenvalue weighted by atomic mass is 10.1. The van der Waals surface area contributed by atoms with Gasteiger partial charge in [0.15, 0.2) is 0 Å². The highest BCUT2D eigenvalue weighted by Crippen LogP contribution is 2.26. The van der Waals surface area contributed by atoms with Crippen molar-refractivity contribution in [2.45, 2.75) is 6.61 Å². The zero-order valence-electron chi connectivity index (χ0n) is 11.7. The van der Waals surface area contributed by atoms with Crippen LogP contribution in [0.15, 0.2) is 48.8 Å². The minimum absolute atomic E-state index is 0.536. The van der Waals surface area contributed by atoms with Crippen molar-refractivity contribution in [2.24, 2.45) is 0 Å². The van der Waals surface area contributed by atoms with E-state index in [1.807, 2.05) is 42.5 Å². The number of fused-ring (bicyclic) bond motifs is 1. The van der Waals surface area contributed by atoms with Crippen LogP contribution < -0.4 is 11.1 Å². The fourth-order valence-corrected chi connectivity index (χ4v) is 2.23. The van der Waals surface area contributed by atoms with E-state index in [0.29, 0.717) is 12.3 Å². The number of nitrogens with zero attached hydrogens (tertiary/aromatic N) is 2. The van der Waals surface area contributed by atoms with Crippen LogP contribution in [0.4, 0.5) is 17.2 Å². The van der Waals surface area contributed by atoms with Crippen molar-refractivity contribution >= 4 is 28.1 Å². The Bertz CT molecular complexity index is 773. The second-order valence-electron chi connectivity index (χ2n) is 4.71. The minimum atomic E-state index is 0.536. The maximum Gasteiger partial charge on any atom is 0.141 e. The van der Waals surface area contributed by atoms with E-state index >= 15 is 0 Å².